The zero-order valence-corrected chi connectivity index (χ0v) is 14.7. The molecule has 1 heterocycles. The minimum atomic E-state index is -0.633. The van der Waals surface area contributed by atoms with Crippen molar-refractivity contribution in [1.82, 2.24) is 10.6 Å². The van der Waals surface area contributed by atoms with E-state index >= 15 is 0 Å². The molecule has 0 saturated heterocycles. The molecule has 1 fully saturated rings. The Morgan fingerprint density at radius 1 is 1.20 bits per heavy atom. The molecule has 6 heteroatoms. The molecule has 132 valence electrons. The summed E-state index contributed by atoms with van der Waals surface area (Å²) in [6, 6.07) is 10.9. The van der Waals surface area contributed by atoms with Gasteiger partial charge >= 0.3 is 11.9 Å². The number of benzene rings is 1. The molecule has 1 aromatic carbocycles. The zero-order valence-electron chi connectivity index (χ0n) is 14.7. The molecule has 1 aliphatic rings. The third-order valence-corrected chi connectivity index (χ3v) is 5.07. The standard InChI is InChI=1S/C19H22N2O4/c1-18(2,3)19(10-7-11-19)17(23)25-21-16(22)15-12-14(20-24-15)13-8-5-4-6-9-13/h4-6,8-9,12H,7,10-11H2,1-3H3,(H,21,22). The van der Waals surface area contributed by atoms with E-state index in [0.29, 0.717) is 5.69 Å². The van der Waals surface area contributed by atoms with Gasteiger partial charge in [0.15, 0.2) is 0 Å². The molecule has 0 atom stereocenters. The fourth-order valence-corrected chi connectivity index (χ4v) is 3.16. The van der Waals surface area contributed by atoms with Crippen molar-refractivity contribution in [3.05, 3.63) is 42.2 Å². The van der Waals surface area contributed by atoms with Gasteiger partial charge in [-0.25, -0.2) is 4.79 Å². The van der Waals surface area contributed by atoms with Gasteiger partial charge in [0.2, 0.25) is 5.76 Å². The Hall–Kier alpha value is -2.63. The predicted molar refractivity (Wildman–Crippen MR) is 91.2 cm³/mol. The summed E-state index contributed by atoms with van der Waals surface area (Å²) in [4.78, 5) is 29.7. The molecule has 1 N–H and O–H groups in total. The number of carbonyl (C=O) groups excluding carboxylic acids is 2. The van der Waals surface area contributed by atoms with Crippen molar-refractivity contribution >= 4 is 11.9 Å². The quantitative estimate of drug-likeness (QED) is 0.859. The van der Waals surface area contributed by atoms with Crippen LogP contribution < -0.4 is 5.48 Å². The Bertz CT molecular complexity index is 770. The molecular formula is C19H22N2O4. The van der Waals surface area contributed by atoms with E-state index in [1.54, 1.807) is 0 Å². The van der Waals surface area contributed by atoms with Gasteiger partial charge in [-0.15, -0.1) is 0 Å². The lowest BCUT2D eigenvalue weighted by Gasteiger charge is -2.48. The summed E-state index contributed by atoms with van der Waals surface area (Å²) in [6.45, 7) is 6.04. The molecule has 3 rings (SSSR count). The lowest BCUT2D eigenvalue weighted by Crippen LogP contribution is -2.51. The van der Waals surface area contributed by atoms with Crippen molar-refractivity contribution in [2.75, 3.05) is 0 Å². The highest BCUT2D eigenvalue weighted by atomic mass is 16.7. The molecule has 6 nitrogen and oxygen atoms in total. The zero-order chi connectivity index (χ0) is 18.1. The SMILES string of the molecule is CC(C)(C)C1(C(=O)ONC(=O)c2cc(-c3ccccc3)no2)CCC1. The summed E-state index contributed by atoms with van der Waals surface area (Å²) < 4.78 is 5.05. The van der Waals surface area contributed by atoms with Crippen LogP contribution in [0.3, 0.4) is 0 Å². The molecule has 1 aromatic heterocycles. The van der Waals surface area contributed by atoms with Gasteiger partial charge in [0.25, 0.3) is 0 Å². The number of nitrogens with one attached hydrogen (secondary N) is 1. The van der Waals surface area contributed by atoms with Crippen molar-refractivity contribution in [2.24, 2.45) is 10.8 Å². The van der Waals surface area contributed by atoms with E-state index in [2.05, 4.69) is 10.6 Å². The fraction of sp³-hybridized carbons (Fsp3) is 0.421. The minimum Gasteiger partial charge on any atom is -0.350 e. The number of aromatic nitrogens is 1. The Kier molecular flexibility index (Phi) is 4.37. The Morgan fingerprint density at radius 3 is 2.44 bits per heavy atom. The number of carbonyl (C=O) groups is 2. The molecule has 0 aliphatic heterocycles. The highest BCUT2D eigenvalue weighted by Crippen LogP contribution is 2.54. The molecule has 25 heavy (non-hydrogen) atoms. The summed E-state index contributed by atoms with van der Waals surface area (Å²) in [5.74, 6) is -1.04. The van der Waals surface area contributed by atoms with Gasteiger partial charge in [0.05, 0.1) is 5.41 Å². The van der Waals surface area contributed by atoms with Crippen LogP contribution >= 0.6 is 0 Å². The highest BCUT2D eigenvalue weighted by molar-refractivity contribution is 5.92. The molecule has 1 amide bonds. The van der Waals surface area contributed by atoms with Crippen molar-refractivity contribution in [3.8, 4) is 11.3 Å². The largest absolute Gasteiger partial charge is 0.350 e. The minimum absolute atomic E-state index is 0.00919. The van der Waals surface area contributed by atoms with Crippen LogP contribution in [0.4, 0.5) is 0 Å². The van der Waals surface area contributed by atoms with Crippen LogP contribution in [0.5, 0.6) is 0 Å². The van der Waals surface area contributed by atoms with E-state index in [1.165, 1.54) is 6.07 Å². The maximum Gasteiger partial charge on any atom is 0.338 e. The molecule has 0 bridgehead atoms. The smallest absolute Gasteiger partial charge is 0.338 e. The van der Waals surface area contributed by atoms with E-state index < -0.39 is 17.3 Å². The van der Waals surface area contributed by atoms with E-state index in [0.717, 1.165) is 24.8 Å². The topological polar surface area (TPSA) is 81.4 Å². The summed E-state index contributed by atoms with van der Waals surface area (Å²) in [5, 5.41) is 3.87. The predicted octanol–water partition coefficient (Wildman–Crippen LogP) is 3.75. The molecule has 1 aliphatic carbocycles. The summed E-state index contributed by atoms with van der Waals surface area (Å²) in [7, 11) is 0. The second-order valence-corrected chi connectivity index (χ2v) is 7.45. The van der Waals surface area contributed by atoms with Gasteiger partial charge in [-0.1, -0.05) is 62.7 Å². The second kappa shape index (κ2) is 6.35. The number of nitrogens with zero attached hydrogens (tertiary/aromatic N) is 1. The van der Waals surface area contributed by atoms with Gasteiger partial charge in [-0.2, -0.15) is 5.48 Å². The number of amides is 1. The Labute approximate surface area is 146 Å². The van der Waals surface area contributed by atoms with Gasteiger partial charge in [0.1, 0.15) is 5.69 Å². The lowest BCUT2D eigenvalue weighted by atomic mass is 9.55. The molecule has 1 saturated carbocycles. The normalized spacial score (nSPS) is 16.0. The monoisotopic (exact) mass is 342 g/mol. The van der Waals surface area contributed by atoms with Crippen LogP contribution in [0.2, 0.25) is 0 Å². The van der Waals surface area contributed by atoms with Crippen LogP contribution in [-0.2, 0) is 9.63 Å². The average Bonchev–Trinajstić information content (AvgIpc) is 3.01. The third-order valence-electron chi connectivity index (χ3n) is 5.07. The van der Waals surface area contributed by atoms with Crippen LogP contribution in [0.25, 0.3) is 11.3 Å². The van der Waals surface area contributed by atoms with Crippen molar-refractivity contribution in [2.45, 2.75) is 40.0 Å². The highest BCUT2D eigenvalue weighted by Gasteiger charge is 2.54. The number of hydroxylamine groups is 1. The molecule has 0 radical (unpaired) electrons. The van der Waals surface area contributed by atoms with Crippen molar-refractivity contribution in [3.63, 3.8) is 0 Å². The summed E-state index contributed by atoms with van der Waals surface area (Å²) in [6.07, 6.45) is 2.53. The van der Waals surface area contributed by atoms with Crippen molar-refractivity contribution in [1.29, 1.82) is 0 Å². The van der Waals surface area contributed by atoms with Crippen molar-refractivity contribution < 1.29 is 18.9 Å². The molecule has 0 spiro atoms. The Morgan fingerprint density at radius 2 is 1.88 bits per heavy atom. The first kappa shape index (κ1) is 17.2. The van der Waals surface area contributed by atoms with Gasteiger partial charge in [-0.05, 0) is 18.3 Å². The fourth-order valence-electron chi connectivity index (χ4n) is 3.16. The third kappa shape index (κ3) is 3.16. The van der Waals surface area contributed by atoms with Gasteiger partial charge in [0, 0.05) is 11.6 Å². The number of hydrogen-bond acceptors (Lipinski definition) is 5. The van der Waals surface area contributed by atoms with Crippen LogP contribution in [0, 0.1) is 10.8 Å². The summed E-state index contributed by atoms with van der Waals surface area (Å²) in [5.41, 5.74) is 2.80. The average molecular weight is 342 g/mol. The lowest BCUT2D eigenvalue weighted by molar-refractivity contribution is -0.178. The molecular weight excluding hydrogens is 320 g/mol. The number of hydrogen-bond donors (Lipinski definition) is 1. The van der Waals surface area contributed by atoms with E-state index in [9.17, 15) is 9.59 Å². The van der Waals surface area contributed by atoms with Gasteiger partial charge < -0.3 is 9.36 Å². The van der Waals surface area contributed by atoms with E-state index in [4.69, 9.17) is 9.36 Å². The first-order valence-electron chi connectivity index (χ1n) is 8.37. The second-order valence-electron chi connectivity index (χ2n) is 7.45. The summed E-state index contributed by atoms with van der Waals surface area (Å²) >= 11 is 0. The van der Waals surface area contributed by atoms with E-state index in [1.807, 2.05) is 51.1 Å². The maximum absolute atomic E-state index is 12.5. The first-order valence-corrected chi connectivity index (χ1v) is 8.37. The van der Waals surface area contributed by atoms with E-state index in [-0.39, 0.29) is 11.2 Å². The Balaban J connectivity index is 1.64. The molecule has 2 aromatic rings. The van der Waals surface area contributed by atoms with Crippen LogP contribution in [0.15, 0.2) is 40.9 Å². The van der Waals surface area contributed by atoms with Crippen LogP contribution in [-0.4, -0.2) is 17.0 Å². The van der Waals surface area contributed by atoms with Crippen LogP contribution in [0.1, 0.15) is 50.6 Å². The molecule has 0 unspecified atom stereocenters. The maximum atomic E-state index is 12.5. The number of rotatable bonds is 3. The first-order chi connectivity index (χ1) is 11.8. The van der Waals surface area contributed by atoms with Gasteiger partial charge in [-0.3, -0.25) is 4.79 Å².